The largest absolute Gasteiger partial charge is 0.481 e. The van der Waals surface area contributed by atoms with Crippen LogP contribution in [0.1, 0.15) is 29.3 Å². The standard InChI is InChI=1S/C19H19NO2S2/c21-19(22)13-7-9-20(10-8-13)18(17-6-3-11-23-17)15-12-24-16-5-2-1-4-14(15)16/h1-6,11-13,18H,7-10H2,(H,21,22). The van der Waals surface area contributed by atoms with Gasteiger partial charge in [0.15, 0.2) is 0 Å². The summed E-state index contributed by atoms with van der Waals surface area (Å²) in [5, 5.41) is 15.0. The number of likely N-dealkylation sites (tertiary alicyclic amines) is 1. The van der Waals surface area contributed by atoms with Gasteiger partial charge in [-0.05, 0) is 59.8 Å². The van der Waals surface area contributed by atoms with Gasteiger partial charge in [0.1, 0.15) is 0 Å². The van der Waals surface area contributed by atoms with Crippen LogP contribution in [0, 0.1) is 5.92 Å². The van der Waals surface area contributed by atoms with E-state index in [0.717, 1.165) is 25.9 Å². The third-order valence-corrected chi connectivity index (χ3v) is 6.77. The van der Waals surface area contributed by atoms with E-state index >= 15 is 0 Å². The molecule has 0 aliphatic carbocycles. The van der Waals surface area contributed by atoms with Crippen molar-refractivity contribution in [3.05, 3.63) is 57.6 Å². The average molecular weight is 358 g/mol. The van der Waals surface area contributed by atoms with Crippen molar-refractivity contribution in [2.45, 2.75) is 18.9 Å². The van der Waals surface area contributed by atoms with E-state index < -0.39 is 5.97 Å². The van der Waals surface area contributed by atoms with Crippen molar-refractivity contribution >= 4 is 38.7 Å². The van der Waals surface area contributed by atoms with E-state index in [9.17, 15) is 9.90 Å². The summed E-state index contributed by atoms with van der Waals surface area (Å²) in [4.78, 5) is 15.0. The summed E-state index contributed by atoms with van der Waals surface area (Å²) in [7, 11) is 0. The van der Waals surface area contributed by atoms with Gasteiger partial charge in [0.25, 0.3) is 0 Å². The van der Waals surface area contributed by atoms with Crippen LogP contribution in [0.15, 0.2) is 47.2 Å². The molecule has 0 spiro atoms. The predicted octanol–water partition coefficient (Wildman–Crippen LogP) is 4.85. The SMILES string of the molecule is O=C(O)C1CCN(C(c2cccs2)c2csc3ccccc23)CC1. The van der Waals surface area contributed by atoms with E-state index in [1.165, 1.54) is 20.5 Å². The maximum atomic E-state index is 11.2. The van der Waals surface area contributed by atoms with Gasteiger partial charge in [-0.2, -0.15) is 0 Å². The van der Waals surface area contributed by atoms with Crippen LogP contribution in [0.4, 0.5) is 0 Å². The van der Waals surface area contributed by atoms with E-state index in [0.29, 0.717) is 0 Å². The predicted molar refractivity (Wildman–Crippen MR) is 99.9 cm³/mol. The fourth-order valence-electron chi connectivity index (χ4n) is 3.59. The van der Waals surface area contributed by atoms with Crippen LogP contribution < -0.4 is 0 Å². The lowest BCUT2D eigenvalue weighted by atomic mass is 9.93. The molecule has 1 N–H and O–H groups in total. The molecular formula is C19H19NO2S2. The minimum Gasteiger partial charge on any atom is -0.481 e. The Kier molecular flexibility index (Phi) is 4.39. The van der Waals surface area contributed by atoms with Crippen LogP contribution in [-0.4, -0.2) is 29.1 Å². The minimum absolute atomic E-state index is 0.190. The maximum Gasteiger partial charge on any atom is 0.306 e. The zero-order valence-corrected chi connectivity index (χ0v) is 14.9. The fraction of sp³-hybridized carbons (Fsp3) is 0.316. The number of hydrogen-bond acceptors (Lipinski definition) is 4. The topological polar surface area (TPSA) is 40.5 Å². The second-order valence-electron chi connectivity index (χ2n) is 6.25. The third-order valence-electron chi connectivity index (χ3n) is 4.86. The number of thiophene rings is 2. The quantitative estimate of drug-likeness (QED) is 0.726. The van der Waals surface area contributed by atoms with E-state index in [-0.39, 0.29) is 12.0 Å². The summed E-state index contributed by atoms with van der Waals surface area (Å²) in [5.41, 5.74) is 1.35. The van der Waals surface area contributed by atoms with Crippen molar-refractivity contribution in [1.82, 2.24) is 4.90 Å². The first-order valence-corrected chi connectivity index (χ1v) is 9.96. The lowest BCUT2D eigenvalue weighted by molar-refractivity contribution is -0.143. The summed E-state index contributed by atoms with van der Waals surface area (Å²) < 4.78 is 1.31. The van der Waals surface area contributed by atoms with Crippen LogP contribution in [0.25, 0.3) is 10.1 Å². The maximum absolute atomic E-state index is 11.2. The second-order valence-corrected chi connectivity index (χ2v) is 8.14. The van der Waals surface area contributed by atoms with Crippen LogP contribution >= 0.6 is 22.7 Å². The molecule has 1 unspecified atom stereocenters. The lowest BCUT2D eigenvalue weighted by Gasteiger charge is -2.36. The highest BCUT2D eigenvalue weighted by molar-refractivity contribution is 7.17. The summed E-state index contributed by atoms with van der Waals surface area (Å²) in [6, 6.07) is 13.1. The van der Waals surface area contributed by atoms with Gasteiger partial charge in [-0.3, -0.25) is 9.69 Å². The molecule has 0 saturated carbocycles. The molecule has 1 aliphatic heterocycles. The van der Waals surface area contributed by atoms with Gasteiger partial charge in [-0.25, -0.2) is 0 Å². The van der Waals surface area contributed by atoms with Crippen molar-refractivity contribution in [3.8, 4) is 0 Å². The Hall–Kier alpha value is -1.69. The number of hydrogen-bond donors (Lipinski definition) is 1. The number of carboxylic acid groups (broad SMARTS) is 1. The zero-order chi connectivity index (χ0) is 16.5. The highest BCUT2D eigenvalue weighted by Crippen LogP contribution is 2.40. The molecule has 1 aromatic carbocycles. The number of rotatable bonds is 4. The van der Waals surface area contributed by atoms with E-state index in [4.69, 9.17) is 0 Å². The molecule has 0 radical (unpaired) electrons. The molecular weight excluding hydrogens is 338 g/mol. The minimum atomic E-state index is -0.650. The van der Waals surface area contributed by atoms with E-state index in [1.807, 2.05) is 0 Å². The van der Waals surface area contributed by atoms with Crippen LogP contribution in [0.3, 0.4) is 0 Å². The Balaban J connectivity index is 1.70. The number of piperidine rings is 1. The molecule has 3 nitrogen and oxygen atoms in total. The molecule has 3 heterocycles. The van der Waals surface area contributed by atoms with Crippen molar-refractivity contribution < 1.29 is 9.90 Å². The molecule has 1 atom stereocenters. The smallest absolute Gasteiger partial charge is 0.306 e. The number of nitrogens with zero attached hydrogens (tertiary/aromatic N) is 1. The Morgan fingerprint density at radius 3 is 2.62 bits per heavy atom. The van der Waals surface area contributed by atoms with Gasteiger partial charge in [0.05, 0.1) is 12.0 Å². The molecule has 2 aromatic heterocycles. The normalized spacial score (nSPS) is 18.0. The van der Waals surface area contributed by atoms with Crippen molar-refractivity contribution in [3.63, 3.8) is 0 Å². The summed E-state index contributed by atoms with van der Waals surface area (Å²) in [6.07, 6.45) is 1.47. The Morgan fingerprint density at radius 2 is 1.92 bits per heavy atom. The molecule has 4 rings (SSSR count). The first-order chi connectivity index (χ1) is 11.7. The fourth-order valence-corrected chi connectivity index (χ4v) is 5.45. The molecule has 1 fully saturated rings. The van der Waals surface area contributed by atoms with Crippen molar-refractivity contribution in [1.29, 1.82) is 0 Å². The Morgan fingerprint density at radius 1 is 1.12 bits per heavy atom. The number of benzene rings is 1. The van der Waals surface area contributed by atoms with Crippen LogP contribution in [0.5, 0.6) is 0 Å². The Labute approximate surface area is 149 Å². The molecule has 0 amide bonds. The van der Waals surface area contributed by atoms with Crippen LogP contribution in [0.2, 0.25) is 0 Å². The van der Waals surface area contributed by atoms with Crippen molar-refractivity contribution in [2.75, 3.05) is 13.1 Å². The number of fused-ring (bicyclic) bond motifs is 1. The number of carbonyl (C=O) groups is 1. The molecule has 3 aromatic rings. The Bertz CT molecular complexity index is 832. The highest BCUT2D eigenvalue weighted by Gasteiger charge is 2.31. The van der Waals surface area contributed by atoms with Gasteiger partial charge in [-0.1, -0.05) is 24.3 Å². The lowest BCUT2D eigenvalue weighted by Crippen LogP contribution is -2.38. The first-order valence-electron chi connectivity index (χ1n) is 8.20. The summed E-state index contributed by atoms with van der Waals surface area (Å²) >= 11 is 3.58. The van der Waals surface area contributed by atoms with E-state index in [2.05, 4.69) is 52.1 Å². The van der Waals surface area contributed by atoms with Crippen molar-refractivity contribution in [2.24, 2.45) is 5.92 Å². The molecule has 1 aliphatic rings. The van der Waals surface area contributed by atoms with Gasteiger partial charge in [-0.15, -0.1) is 22.7 Å². The van der Waals surface area contributed by atoms with Gasteiger partial charge < -0.3 is 5.11 Å². The molecule has 5 heteroatoms. The molecule has 124 valence electrons. The first kappa shape index (κ1) is 15.8. The van der Waals surface area contributed by atoms with Crippen LogP contribution in [-0.2, 0) is 4.79 Å². The summed E-state index contributed by atoms with van der Waals surface area (Å²) in [5.74, 6) is -0.840. The second kappa shape index (κ2) is 6.67. The van der Waals surface area contributed by atoms with E-state index in [1.54, 1.807) is 22.7 Å². The van der Waals surface area contributed by atoms with Gasteiger partial charge in [0.2, 0.25) is 0 Å². The monoisotopic (exact) mass is 357 g/mol. The number of aliphatic carboxylic acids is 1. The van der Waals surface area contributed by atoms with Gasteiger partial charge >= 0.3 is 5.97 Å². The molecule has 0 bridgehead atoms. The van der Waals surface area contributed by atoms with Gasteiger partial charge in [0, 0.05) is 9.58 Å². The molecule has 24 heavy (non-hydrogen) atoms. The summed E-state index contributed by atoms with van der Waals surface area (Å²) in [6.45, 7) is 1.67. The third kappa shape index (κ3) is 2.88. The number of carboxylic acids is 1. The zero-order valence-electron chi connectivity index (χ0n) is 13.2. The highest BCUT2D eigenvalue weighted by atomic mass is 32.1. The molecule has 1 saturated heterocycles. The average Bonchev–Trinajstić information content (AvgIpc) is 3.27.